The summed E-state index contributed by atoms with van der Waals surface area (Å²) in [5, 5.41) is 87.7. The van der Waals surface area contributed by atoms with E-state index in [-0.39, 0.29) is 81.5 Å². The largest absolute Gasteiger partial charge is 2.00 e. The van der Waals surface area contributed by atoms with Gasteiger partial charge in [0.2, 0.25) is 0 Å². The molecule has 0 saturated carbocycles. The van der Waals surface area contributed by atoms with Crippen LogP contribution in [-0.2, 0) is 9.59 Å². The second-order valence-corrected chi connectivity index (χ2v) is 4.01. The Bertz CT molecular complexity index is 314. The molecule has 0 radical (unpaired) electrons. The summed E-state index contributed by atoms with van der Waals surface area (Å²) in [4.78, 5) is 19.7. The van der Waals surface area contributed by atoms with Gasteiger partial charge in [0.05, 0.1) is 25.2 Å². The second kappa shape index (κ2) is 36.9. The molecule has 0 aliphatic carbocycles. The molecule has 0 aliphatic heterocycles. The van der Waals surface area contributed by atoms with E-state index in [1.807, 2.05) is 0 Å². The molecule has 6 atom stereocenters. The summed E-state index contributed by atoms with van der Waals surface area (Å²) in [6.07, 6.45) is -11.6. The van der Waals surface area contributed by atoms with Crippen LogP contribution >= 0.6 is 0 Å². The zero-order chi connectivity index (χ0) is 18.0. The van der Waals surface area contributed by atoms with Crippen LogP contribution in [0.5, 0.6) is 0 Å². The summed E-state index contributed by atoms with van der Waals surface area (Å²) in [6, 6.07) is 0. The Balaban J connectivity index is -0.0000000222. The number of aliphatic carboxylic acids is 2. The van der Waals surface area contributed by atoms with Gasteiger partial charge in [-0.15, -0.1) is 0 Å². The van der Waals surface area contributed by atoms with Crippen LogP contribution in [0, 0.1) is 0 Å². The van der Waals surface area contributed by atoms with E-state index in [4.69, 9.17) is 40.9 Å². The van der Waals surface area contributed by atoms with E-state index in [1.165, 1.54) is 0 Å². The molecule has 196 valence electrons. The fourth-order valence-corrected chi connectivity index (χ4v) is 0.916. The first-order valence-electron chi connectivity index (χ1n) is 5.73. The predicted molar refractivity (Wildman–Crippen MR) is 94.9 cm³/mol. The molecular formula is C10H34CaO20. The average Bonchev–Trinajstić information content (AvgIpc) is 2.50. The van der Waals surface area contributed by atoms with E-state index >= 15 is 0 Å². The Hall–Kier alpha value is -0.440. The maximum absolute atomic E-state index is 9.85. The predicted octanol–water partition coefficient (Wildman–Crippen LogP) is -15.4. The van der Waals surface area contributed by atoms with Crippen LogP contribution in [0.4, 0.5) is 0 Å². The molecule has 0 amide bonds. The van der Waals surface area contributed by atoms with Crippen LogP contribution in [-0.4, -0.2) is 184 Å². The molecule has 0 aromatic rings. The van der Waals surface area contributed by atoms with Crippen molar-refractivity contribution in [2.24, 2.45) is 0 Å². The molecule has 24 N–H and O–H groups in total. The summed E-state index contributed by atoms with van der Waals surface area (Å²) in [5.74, 6) is -3.80. The van der Waals surface area contributed by atoms with Crippen LogP contribution in [0.15, 0.2) is 0 Å². The van der Waals surface area contributed by atoms with E-state index in [1.54, 1.807) is 0 Å². The Morgan fingerprint density at radius 1 is 0.548 bits per heavy atom. The number of rotatable bonds is 8. The van der Waals surface area contributed by atoms with E-state index < -0.39 is 61.8 Å². The van der Waals surface area contributed by atoms with Crippen molar-refractivity contribution in [1.82, 2.24) is 0 Å². The molecule has 0 saturated heterocycles. The van der Waals surface area contributed by atoms with Crippen LogP contribution in [0.3, 0.4) is 0 Å². The van der Waals surface area contributed by atoms with Gasteiger partial charge < -0.3 is 104 Å². The third-order valence-corrected chi connectivity index (χ3v) is 2.29. The quantitative estimate of drug-likeness (QED) is 0.140. The summed E-state index contributed by atoms with van der Waals surface area (Å²) in [6.45, 7) is -1.66. The first-order chi connectivity index (χ1) is 10.0. The van der Waals surface area contributed by atoms with Crippen molar-refractivity contribution < 1.29 is 104 Å². The smallest absolute Gasteiger partial charge is 0.547 e. The van der Waals surface area contributed by atoms with Gasteiger partial charge in [0, 0.05) is 0 Å². The molecular weight excluding hydrogens is 480 g/mol. The molecule has 20 nitrogen and oxygen atoms in total. The number of carbonyl (C=O) groups is 2. The summed E-state index contributed by atoms with van der Waals surface area (Å²) in [5.41, 5.74) is 0. The number of aliphatic hydroxyl groups excluding tert-OH is 8. The Kier molecular flexibility index (Phi) is 83.1. The van der Waals surface area contributed by atoms with Crippen LogP contribution < -0.4 is 10.2 Å². The van der Waals surface area contributed by atoms with Gasteiger partial charge in [-0.05, 0) is 0 Å². The summed E-state index contributed by atoms with van der Waals surface area (Å²) >= 11 is 0. The van der Waals surface area contributed by atoms with Crippen molar-refractivity contribution >= 4 is 49.7 Å². The van der Waals surface area contributed by atoms with Crippen LogP contribution in [0.2, 0.25) is 0 Å². The Morgan fingerprint density at radius 3 is 0.806 bits per heavy atom. The molecule has 0 rings (SSSR count). The van der Waals surface area contributed by atoms with Crippen molar-refractivity contribution in [1.29, 1.82) is 0 Å². The number of carboxylic acids is 2. The van der Waals surface area contributed by atoms with E-state index in [9.17, 15) is 19.8 Å². The van der Waals surface area contributed by atoms with Gasteiger partial charge in [0.15, 0.2) is 0 Å². The monoisotopic (exact) mass is 514 g/mol. The molecule has 0 bridgehead atoms. The summed E-state index contributed by atoms with van der Waals surface area (Å²) < 4.78 is 0. The summed E-state index contributed by atoms with van der Waals surface area (Å²) in [7, 11) is 0. The van der Waals surface area contributed by atoms with Gasteiger partial charge in [-0.3, -0.25) is 0 Å². The number of hydrogen-bond acceptors (Lipinski definition) is 12. The van der Waals surface area contributed by atoms with Crippen molar-refractivity contribution in [2.45, 2.75) is 36.6 Å². The van der Waals surface area contributed by atoms with Crippen molar-refractivity contribution in [3.05, 3.63) is 0 Å². The van der Waals surface area contributed by atoms with Gasteiger partial charge in [0.1, 0.15) is 36.6 Å². The van der Waals surface area contributed by atoms with Crippen molar-refractivity contribution in [2.75, 3.05) is 13.2 Å². The molecule has 0 aromatic carbocycles. The normalized spacial score (nSPS) is 13.4. The second-order valence-electron chi connectivity index (χ2n) is 4.01. The van der Waals surface area contributed by atoms with Gasteiger partial charge in [-0.1, -0.05) is 0 Å². The minimum atomic E-state index is -2.18. The maximum Gasteiger partial charge on any atom is 2.00 e. The van der Waals surface area contributed by atoms with Gasteiger partial charge in [-0.25, -0.2) is 0 Å². The fraction of sp³-hybridized carbons (Fsp3) is 0.800. The number of carbonyl (C=O) groups excluding carboxylic acids is 2. The topological polar surface area (TPSA) is 494 Å². The first kappa shape index (κ1) is 69.8. The fourth-order valence-electron chi connectivity index (χ4n) is 0.916. The van der Waals surface area contributed by atoms with Gasteiger partial charge >= 0.3 is 37.7 Å². The zero-order valence-corrected chi connectivity index (χ0v) is 18.0. The molecule has 0 spiro atoms. The molecule has 0 unspecified atom stereocenters. The van der Waals surface area contributed by atoms with E-state index in [0.717, 1.165) is 0 Å². The third kappa shape index (κ3) is 29.6. The van der Waals surface area contributed by atoms with E-state index in [2.05, 4.69) is 0 Å². The minimum Gasteiger partial charge on any atom is -0.547 e. The molecule has 0 aromatic heterocycles. The number of aliphatic hydroxyl groups is 8. The van der Waals surface area contributed by atoms with Crippen molar-refractivity contribution in [3.63, 3.8) is 0 Å². The minimum absolute atomic E-state index is 0. The molecule has 21 heteroatoms. The number of hydrogen-bond donors (Lipinski definition) is 8. The van der Waals surface area contributed by atoms with Gasteiger partial charge in [-0.2, -0.15) is 0 Å². The molecule has 0 heterocycles. The first-order valence-corrected chi connectivity index (χ1v) is 5.73. The van der Waals surface area contributed by atoms with Crippen LogP contribution in [0.25, 0.3) is 0 Å². The Labute approximate surface area is 203 Å². The SMILES string of the molecule is O.O.O.O.O.O.O.O.O=C([O-])[C@H](O)[C@@H](O)[C@@H](O)CO.O=C([O-])[C@H](O)[C@@H](O)[C@@H](O)CO.[Ca+2]. The zero-order valence-electron chi connectivity index (χ0n) is 15.8. The Morgan fingerprint density at radius 2 is 0.710 bits per heavy atom. The van der Waals surface area contributed by atoms with E-state index in [0.29, 0.717) is 0 Å². The molecule has 0 fully saturated rings. The van der Waals surface area contributed by atoms with Crippen LogP contribution in [0.1, 0.15) is 0 Å². The van der Waals surface area contributed by atoms with Gasteiger partial charge in [0.25, 0.3) is 0 Å². The molecule has 0 aliphatic rings. The maximum atomic E-state index is 9.85. The molecule has 31 heavy (non-hydrogen) atoms. The third-order valence-electron chi connectivity index (χ3n) is 2.29. The van der Waals surface area contributed by atoms with Crippen molar-refractivity contribution in [3.8, 4) is 0 Å². The number of carboxylic acid groups (broad SMARTS) is 2. The standard InChI is InChI=1S/2C5H10O6.Ca.8H2O/c2*6-1-2(7)3(8)4(9)5(10)11;;;;;;;;;/h2*2-4,6-9H,1H2,(H,10,11);;8*1H2/q;;+2;;;;;;;;/p-2/t2*2-,3-,4+;;;;;;;;;/m00........./s1. The average molecular weight is 514 g/mol.